The van der Waals surface area contributed by atoms with E-state index in [1.54, 1.807) is 0 Å². The molecule has 0 aromatic heterocycles. The van der Waals surface area contributed by atoms with Crippen LogP contribution in [0.4, 0.5) is 0 Å². The quantitative estimate of drug-likeness (QED) is 0.236. The van der Waals surface area contributed by atoms with E-state index in [1.165, 1.54) is 51.4 Å². The van der Waals surface area contributed by atoms with Gasteiger partial charge in [0.1, 0.15) is 0 Å². The summed E-state index contributed by atoms with van der Waals surface area (Å²) in [4.78, 5) is 0. The Kier molecular flexibility index (Phi) is 12.0. The highest BCUT2D eigenvalue weighted by Crippen LogP contribution is 2.27. The van der Waals surface area contributed by atoms with Gasteiger partial charge in [0.2, 0.25) is 0 Å². The van der Waals surface area contributed by atoms with Crippen molar-refractivity contribution in [3.05, 3.63) is 6.92 Å². The van der Waals surface area contributed by atoms with E-state index in [1.807, 2.05) is 0 Å². The molecule has 0 aliphatic heterocycles. The molecule has 4 heteroatoms. The molecule has 0 N–H and O–H groups in total. The van der Waals surface area contributed by atoms with Gasteiger partial charge < -0.3 is 0 Å². The highest BCUT2D eigenvalue weighted by atomic mass is 35.8. The third-order valence-corrected chi connectivity index (χ3v) is 5.33. The molecule has 0 saturated heterocycles. The Morgan fingerprint density at radius 3 is 1.38 bits per heavy atom. The van der Waals surface area contributed by atoms with Crippen molar-refractivity contribution in [2.45, 2.75) is 70.3 Å². The average Bonchev–Trinajstić information content (AvgIpc) is 2.19. The first-order valence-corrected chi connectivity index (χ1v) is 11.7. The number of hydrogen-bond donors (Lipinski definition) is 0. The fourth-order valence-corrected chi connectivity index (χ4v) is 3.59. The fraction of sp³-hybridized carbons (Fsp3) is 0.917. The van der Waals surface area contributed by atoms with Gasteiger partial charge in [-0.15, -0.1) is 33.2 Å². The lowest BCUT2D eigenvalue weighted by Gasteiger charge is -2.06. The average molecular weight is 303 g/mol. The molecule has 0 saturated carbocycles. The Labute approximate surface area is 116 Å². The van der Waals surface area contributed by atoms with Crippen molar-refractivity contribution < 1.29 is 0 Å². The molecule has 0 atom stereocenters. The maximum Gasteiger partial charge on any atom is 0.341 e. The van der Waals surface area contributed by atoms with Gasteiger partial charge in [-0.2, -0.15) is 0 Å². The van der Waals surface area contributed by atoms with Crippen LogP contribution in [0, 0.1) is 6.92 Å². The first-order chi connectivity index (χ1) is 7.56. The van der Waals surface area contributed by atoms with Gasteiger partial charge in [-0.1, -0.05) is 71.1 Å². The van der Waals surface area contributed by atoms with Crippen molar-refractivity contribution in [3.8, 4) is 0 Å². The molecule has 97 valence electrons. The van der Waals surface area contributed by atoms with Crippen LogP contribution in [0.3, 0.4) is 0 Å². The van der Waals surface area contributed by atoms with E-state index >= 15 is 0 Å². The van der Waals surface area contributed by atoms with Crippen LogP contribution in [-0.2, 0) is 0 Å². The lowest BCUT2D eigenvalue weighted by atomic mass is 10.1. The van der Waals surface area contributed by atoms with Crippen molar-refractivity contribution in [2.75, 3.05) is 0 Å². The molecule has 0 fully saturated rings. The van der Waals surface area contributed by atoms with Crippen molar-refractivity contribution >= 4 is 39.2 Å². The van der Waals surface area contributed by atoms with E-state index < -0.39 is 6.00 Å². The molecular formula is C12H24Cl3Si. The van der Waals surface area contributed by atoms with Crippen molar-refractivity contribution in [2.24, 2.45) is 0 Å². The third-order valence-electron chi connectivity index (χ3n) is 2.71. The standard InChI is InChI=1S/C12H24Cl3Si/c1-2-3-4-5-6-7-8-9-10-11-12-16(13,14)15/h1-12H2. The number of rotatable bonds is 11. The molecule has 0 nitrogen and oxygen atoms in total. The Morgan fingerprint density at radius 2 is 1.00 bits per heavy atom. The Bertz CT molecular complexity index is 146. The first-order valence-electron chi connectivity index (χ1n) is 6.42. The Balaban J connectivity index is 2.99. The van der Waals surface area contributed by atoms with Gasteiger partial charge in [0.25, 0.3) is 0 Å². The van der Waals surface area contributed by atoms with Crippen LogP contribution in [0.2, 0.25) is 6.04 Å². The molecule has 0 aromatic carbocycles. The van der Waals surface area contributed by atoms with Gasteiger partial charge in [-0.25, -0.2) is 0 Å². The highest BCUT2D eigenvalue weighted by molar-refractivity contribution is 7.64. The SMILES string of the molecule is [CH2]CCCCCCCCCCC[Si](Cl)(Cl)Cl. The summed E-state index contributed by atoms with van der Waals surface area (Å²) in [5.74, 6) is 0. The monoisotopic (exact) mass is 301 g/mol. The van der Waals surface area contributed by atoms with E-state index in [2.05, 4.69) is 6.92 Å². The Morgan fingerprint density at radius 1 is 0.625 bits per heavy atom. The minimum absolute atomic E-state index is 0.821. The second-order valence-corrected chi connectivity index (χ2v) is 13.7. The summed E-state index contributed by atoms with van der Waals surface area (Å²) < 4.78 is 0. The molecule has 0 amide bonds. The second-order valence-electron chi connectivity index (χ2n) is 4.40. The summed E-state index contributed by atoms with van der Waals surface area (Å²) in [6.45, 7) is 3.84. The summed E-state index contributed by atoms with van der Waals surface area (Å²) in [5, 5.41) is 0. The van der Waals surface area contributed by atoms with E-state index in [-0.39, 0.29) is 0 Å². The molecular weight excluding hydrogens is 279 g/mol. The topological polar surface area (TPSA) is 0 Å². The molecule has 0 spiro atoms. The van der Waals surface area contributed by atoms with Crippen molar-refractivity contribution in [1.29, 1.82) is 0 Å². The van der Waals surface area contributed by atoms with Crippen LogP contribution in [0.25, 0.3) is 0 Å². The minimum atomic E-state index is -2.34. The first kappa shape index (κ1) is 17.1. The lowest BCUT2D eigenvalue weighted by Crippen LogP contribution is -2.07. The van der Waals surface area contributed by atoms with Crippen molar-refractivity contribution in [3.63, 3.8) is 0 Å². The second kappa shape index (κ2) is 11.2. The number of halogens is 3. The zero-order valence-electron chi connectivity index (χ0n) is 10.1. The van der Waals surface area contributed by atoms with Gasteiger partial charge >= 0.3 is 6.00 Å². The lowest BCUT2D eigenvalue weighted by molar-refractivity contribution is 0.566. The minimum Gasteiger partial charge on any atom is -0.126 e. The summed E-state index contributed by atoms with van der Waals surface area (Å²) in [5.41, 5.74) is 0. The normalized spacial score (nSPS) is 12.0. The van der Waals surface area contributed by atoms with Gasteiger partial charge in [-0.05, 0) is 6.04 Å². The van der Waals surface area contributed by atoms with Crippen molar-refractivity contribution in [1.82, 2.24) is 0 Å². The fourth-order valence-electron chi connectivity index (χ4n) is 1.74. The number of unbranched alkanes of at least 4 members (excludes halogenated alkanes) is 9. The number of hydrogen-bond acceptors (Lipinski definition) is 0. The van der Waals surface area contributed by atoms with Crippen LogP contribution in [-0.4, -0.2) is 6.00 Å². The molecule has 1 radical (unpaired) electrons. The third kappa shape index (κ3) is 15.1. The molecule has 16 heavy (non-hydrogen) atoms. The van der Waals surface area contributed by atoms with Gasteiger partial charge in [0, 0.05) is 0 Å². The van der Waals surface area contributed by atoms with E-state index in [0.717, 1.165) is 18.9 Å². The van der Waals surface area contributed by atoms with Crippen LogP contribution >= 0.6 is 33.2 Å². The van der Waals surface area contributed by atoms with Gasteiger partial charge in [0.05, 0.1) is 0 Å². The van der Waals surface area contributed by atoms with Crippen LogP contribution in [0.5, 0.6) is 0 Å². The molecule has 0 bridgehead atoms. The van der Waals surface area contributed by atoms with Crippen LogP contribution in [0.1, 0.15) is 64.2 Å². The molecule has 0 rings (SSSR count). The van der Waals surface area contributed by atoms with E-state index in [4.69, 9.17) is 33.2 Å². The molecule has 0 aromatic rings. The van der Waals surface area contributed by atoms with Gasteiger partial charge in [0.15, 0.2) is 0 Å². The largest absolute Gasteiger partial charge is 0.341 e. The zero-order chi connectivity index (χ0) is 12.3. The molecule has 0 aliphatic rings. The zero-order valence-corrected chi connectivity index (χ0v) is 13.4. The predicted molar refractivity (Wildman–Crippen MR) is 79.6 cm³/mol. The van der Waals surface area contributed by atoms with Crippen LogP contribution < -0.4 is 0 Å². The Hall–Kier alpha value is 1.09. The highest BCUT2D eigenvalue weighted by Gasteiger charge is 2.23. The molecule has 0 heterocycles. The van der Waals surface area contributed by atoms with Crippen LogP contribution in [0.15, 0.2) is 0 Å². The smallest absolute Gasteiger partial charge is 0.126 e. The summed E-state index contributed by atoms with van der Waals surface area (Å²) in [6.07, 6.45) is 12.8. The summed E-state index contributed by atoms with van der Waals surface area (Å²) >= 11 is 17.4. The van der Waals surface area contributed by atoms with Gasteiger partial charge in [-0.3, -0.25) is 0 Å². The van der Waals surface area contributed by atoms with E-state index in [9.17, 15) is 0 Å². The maximum absolute atomic E-state index is 5.81. The van der Waals surface area contributed by atoms with E-state index in [0.29, 0.717) is 0 Å². The summed E-state index contributed by atoms with van der Waals surface area (Å²) in [6, 6.07) is -1.52. The predicted octanol–water partition coefficient (Wildman–Crippen LogP) is 6.38. The molecule has 0 unspecified atom stereocenters. The summed E-state index contributed by atoms with van der Waals surface area (Å²) in [7, 11) is 0. The molecule has 0 aliphatic carbocycles. The maximum atomic E-state index is 5.81.